The second-order valence-electron chi connectivity index (χ2n) is 5.74. The van der Waals surface area contributed by atoms with E-state index in [2.05, 4.69) is 0 Å². The third-order valence-corrected chi connectivity index (χ3v) is 5.75. The molecule has 0 fully saturated rings. The molecule has 0 saturated heterocycles. The van der Waals surface area contributed by atoms with Crippen LogP contribution in [-0.2, 0) is 33.2 Å². The fraction of sp³-hybridized carbons (Fsp3) is 0.350. The van der Waals surface area contributed by atoms with Gasteiger partial charge in [0, 0.05) is 5.75 Å². The van der Waals surface area contributed by atoms with E-state index >= 15 is 0 Å². The van der Waals surface area contributed by atoms with Gasteiger partial charge < -0.3 is 4.74 Å². The fourth-order valence-electron chi connectivity index (χ4n) is 2.50. The SMILES string of the molecule is CCOC(=O)Cc1ccc(CCCCS(=O)c2ccccc2Cl)cc1. The lowest BCUT2D eigenvalue weighted by atomic mass is 10.1. The number of carbonyl (C=O) groups excluding carboxylic acids is 1. The molecule has 25 heavy (non-hydrogen) atoms. The van der Waals surface area contributed by atoms with Crippen LogP contribution in [0.3, 0.4) is 0 Å². The van der Waals surface area contributed by atoms with Gasteiger partial charge in [-0.25, -0.2) is 0 Å². The van der Waals surface area contributed by atoms with Gasteiger partial charge in [-0.3, -0.25) is 9.00 Å². The Labute approximate surface area is 156 Å². The van der Waals surface area contributed by atoms with Crippen molar-refractivity contribution in [2.45, 2.75) is 37.5 Å². The minimum atomic E-state index is -1.05. The van der Waals surface area contributed by atoms with Gasteiger partial charge >= 0.3 is 5.97 Å². The van der Waals surface area contributed by atoms with Gasteiger partial charge in [0.1, 0.15) is 0 Å². The highest BCUT2D eigenvalue weighted by molar-refractivity contribution is 7.85. The third kappa shape index (κ3) is 6.63. The van der Waals surface area contributed by atoms with Crippen molar-refractivity contribution in [3.05, 3.63) is 64.7 Å². The first-order chi connectivity index (χ1) is 12.1. The Hall–Kier alpha value is -1.65. The van der Waals surface area contributed by atoms with Crippen LogP contribution >= 0.6 is 11.6 Å². The van der Waals surface area contributed by atoms with E-state index in [1.165, 1.54) is 5.56 Å². The van der Waals surface area contributed by atoms with Crippen molar-refractivity contribution in [3.63, 3.8) is 0 Å². The molecule has 0 bridgehead atoms. The molecule has 0 aliphatic rings. The molecule has 2 aromatic carbocycles. The molecule has 1 unspecified atom stereocenters. The Bertz CT molecular complexity index is 713. The summed E-state index contributed by atoms with van der Waals surface area (Å²) < 4.78 is 17.2. The maximum atomic E-state index is 12.3. The summed E-state index contributed by atoms with van der Waals surface area (Å²) in [6.07, 6.45) is 3.08. The molecule has 5 heteroatoms. The van der Waals surface area contributed by atoms with Crippen molar-refractivity contribution < 1.29 is 13.7 Å². The van der Waals surface area contributed by atoms with Crippen LogP contribution in [0, 0.1) is 0 Å². The molecule has 2 rings (SSSR count). The predicted molar refractivity (Wildman–Crippen MR) is 102 cm³/mol. The number of hydrogen-bond acceptors (Lipinski definition) is 3. The highest BCUT2D eigenvalue weighted by Crippen LogP contribution is 2.20. The van der Waals surface area contributed by atoms with Gasteiger partial charge in [-0.15, -0.1) is 0 Å². The zero-order chi connectivity index (χ0) is 18.1. The number of aryl methyl sites for hydroxylation is 1. The quantitative estimate of drug-likeness (QED) is 0.474. The monoisotopic (exact) mass is 378 g/mol. The predicted octanol–water partition coefficient (Wildman–Crippen LogP) is 4.58. The molecule has 0 spiro atoms. The summed E-state index contributed by atoms with van der Waals surface area (Å²) in [6, 6.07) is 15.3. The van der Waals surface area contributed by atoms with Gasteiger partial charge in [-0.1, -0.05) is 48.0 Å². The first-order valence-corrected chi connectivity index (χ1v) is 10.2. The lowest BCUT2D eigenvalue weighted by molar-refractivity contribution is -0.142. The van der Waals surface area contributed by atoms with Crippen molar-refractivity contribution in [1.82, 2.24) is 0 Å². The van der Waals surface area contributed by atoms with E-state index in [0.717, 1.165) is 24.8 Å². The van der Waals surface area contributed by atoms with E-state index in [4.69, 9.17) is 16.3 Å². The minimum absolute atomic E-state index is 0.197. The van der Waals surface area contributed by atoms with E-state index < -0.39 is 10.8 Å². The molecule has 2 aromatic rings. The van der Waals surface area contributed by atoms with Gasteiger partial charge in [0.25, 0.3) is 0 Å². The number of halogens is 1. The van der Waals surface area contributed by atoms with Crippen LogP contribution in [0.2, 0.25) is 5.02 Å². The Morgan fingerprint density at radius 3 is 2.40 bits per heavy atom. The summed E-state index contributed by atoms with van der Waals surface area (Å²) in [5.41, 5.74) is 2.18. The molecule has 1 atom stereocenters. The molecule has 0 aromatic heterocycles. The lowest BCUT2D eigenvalue weighted by Crippen LogP contribution is -2.07. The van der Waals surface area contributed by atoms with Gasteiger partial charge in [0.05, 0.1) is 33.7 Å². The van der Waals surface area contributed by atoms with Gasteiger partial charge in [0.2, 0.25) is 0 Å². The zero-order valence-electron chi connectivity index (χ0n) is 14.4. The van der Waals surface area contributed by atoms with E-state index in [1.807, 2.05) is 42.5 Å². The number of hydrogen-bond donors (Lipinski definition) is 0. The topological polar surface area (TPSA) is 43.4 Å². The van der Waals surface area contributed by atoms with Crippen LogP contribution in [0.5, 0.6) is 0 Å². The van der Waals surface area contributed by atoms with Crippen LogP contribution < -0.4 is 0 Å². The number of ether oxygens (including phenoxy) is 1. The van der Waals surface area contributed by atoms with Crippen LogP contribution in [0.4, 0.5) is 0 Å². The standard InChI is InChI=1S/C20H23ClO3S/c1-2-24-20(22)15-17-12-10-16(11-13-17)7-5-6-14-25(23)19-9-4-3-8-18(19)21/h3-4,8-13H,2,5-7,14-15H2,1H3. The van der Waals surface area contributed by atoms with Crippen molar-refractivity contribution in [2.24, 2.45) is 0 Å². The summed E-state index contributed by atoms with van der Waals surface area (Å²) in [7, 11) is -1.05. The Kier molecular flexibility index (Phi) is 8.16. The van der Waals surface area contributed by atoms with Crippen molar-refractivity contribution in [1.29, 1.82) is 0 Å². The molecular weight excluding hydrogens is 356 g/mol. The van der Waals surface area contributed by atoms with Crippen LogP contribution in [0.15, 0.2) is 53.4 Å². The molecule has 0 aliphatic carbocycles. The number of rotatable bonds is 9. The number of carbonyl (C=O) groups is 1. The van der Waals surface area contributed by atoms with Crippen LogP contribution in [0.25, 0.3) is 0 Å². The van der Waals surface area contributed by atoms with Gasteiger partial charge in [-0.05, 0) is 49.4 Å². The van der Waals surface area contributed by atoms with E-state index in [0.29, 0.717) is 28.7 Å². The molecular formula is C20H23ClO3S. The normalized spacial score (nSPS) is 11.9. The molecule has 0 saturated carbocycles. The lowest BCUT2D eigenvalue weighted by Gasteiger charge is -2.06. The van der Waals surface area contributed by atoms with E-state index in [9.17, 15) is 9.00 Å². The van der Waals surface area contributed by atoms with Crippen molar-refractivity contribution >= 4 is 28.4 Å². The smallest absolute Gasteiger partial charge is 0.310 e. The van der Waals surface area contributed by atoms with Crippen molar-refractivity contribution in [3.8, 4) is 0 Å². The largest absolute Gasteiger partial charge is 0.466 e. The highest BCUT2D eigenvalue weighted by Gasteiger charge is 2.08. The first-order valence-electron chi connectivity index (χ1n) is 8.46. The summed E-state index contributed by atoms with van der Waals surface area (Å²) in [5.74, 6) is 0.419. The third-order valence-electron chi connectivity index (χ3n) is 3.80. The number of unbranched alkanes of at least 4 members (excludes halogenated alkanes) is 1. The second kappa shape index (κ2) is 10.4. The molecule has 0 amide bonds. The zero-order valence-corrected chi connectivity index (χ0v) is 15.9. The average molecular weight is 379 g/mol. The number of benzene rings is 2. The summed E-state index contributed by atoms with van der Waals surface area (Å²) in [6.45, 7) is 2.21. The van der Waals surface area contributed by atoms with Crippen molar-refractivity contribution in [2.75, 3.05) is 12.4 Å². The minimum Gasteiger partial charge on any atom is -0.466 e. The summed E-state index contributed by atoms with van der Waals surface area (Å²) in [5, 5.41) is 0.568. The maximum Gasteiger partial charge on any atom is 0.310 e. The Morgan fingerprint density at radius 1 is 1.04 bits per heavy atom. The van der Waals surface area contributed by atoms with Crippen LogP contribution in [0.1, 0.15) is 30.9 Å². The summed E-state index contributed by atoms with van der Waals surface area (Å²) in [4.78, 5) is 12.2. The Morgan fingerprint density at radius 2 is 1.72 bits per heavy atom. The molecule has 3 nitrogen and oxygen atoms in total. The maximum absolute atomic E-state index is 12.3. The molecule has 134 valence electrons. The fourth-order valence-corrected chi connectivity index (χ4v) is 4.10. The molecule has 0 radical (unpaired) electrons. The second-order valence-corrected chi connectivity index (χ2v) is 7.68. The number of esters is 1. The summed E-state index contributed by atoms with van der Waals surface area (Å²) >= 11 is 6.07. The van der Waals surface area contributed by atoms with E-state index in [-0.39, 0.29) is 5.97 Å². The average Bonchev–Trinajstić information content (AvgIpc) is 2.60. The van der Waals surface area contributed by atoms with E-state index in [1.54, 1.807) is 13.0 Å². The highest BCUT2D eigenvalue weighted by atomic mass is 35.5. The van der Waals surface area contributed by atoms with Gasteiger partial charge in [-0.2, -0.15) is 0 Å². The molecule has 0 N–H and O–H groups in total. The molecule has 0 aliphatic heterocycles. The van der Waals surface area contributed by atoms with Gasteiger partial charge in [0.15, 0.2) is 0 Å². The first kappa shape index (κ1) is 19.7. The molecule has 0 heterocycles. The Balaban J connectivity index is 1.74. The van der Waals surface area contributed by atoms with Crippen LogP contribution in [-0.4, -0.2) is 22.5 Å².